The quantitative estimate of drug-likeness (QED) is 0.748. The molecular weight excluding hydrogens is 266 g/mol. The van der Waals surface area contributed by atoms with Crippen molar-refractivity contribution < 1.29 is 14.3 Å². The van der Waals surface area contributed by atoms with Crippen molar-refractivity contribution in [2.75, 3.05) is 13.7 Å². The Hall–Kier alpha value is -1.06. The first-order valence-electron chi connectivity index (χ1n) is 7.93. The molecule has 0 bridgehead atoms. The zero-order valence-corrected chi connectivity index (χ0v) is 14.7. The average molecular weight is 297 g/mol. The summed E-state index contributed by atoms with van der Waals surface area (Å²) >= 11 is 0. The topological polar surface area (TPSA) is 46.6 Å². The summed E-state index contributed by atoms with van der Waals surface area (Å²) in [5, 5.41) is 0. The summed E-state index contributed by atoms with van der Waals surface area (Å²) in [6.07, 6.45) is 2.22. The van der Waals surface area contributed by atoms with Crippen molar-refractivity contribution in [3.05, 3.63) is 0 Å². The van der Waals surface area contributed by atoms with E-state index in [1.54, 1.807) is 0 Å². The van der Waals surface area contributed by atoms with Crippen LogP contribution in [-0.4, -0.2) is 36.0 Å². The standard InChI is InChI=1S/C17H31NO3/c1-12(2)13(11-14(19)21-7)15(20)18-10-8-9-17(18,6)16(3,4)5/h12-13H,8-11H2,1-7H3/t13-,17-/m0/s1. The Morgan fingerprint density at radius 2 is 1.86 bits per heavy atom. The predicted octanol–water partition coefficient (Wildman–Crippen LogP) is 3.25. The van der Waals surface area contributed by atoms with E-state index in [4.69, 9.17) is 4.74 Å². The Bertz CT molecular complexity index is 397. The van der Waals surface area contributed by atoms with Crippen LogP contribution in [-0.2, 0) is 14.3 Å². The minimum absolute atomic E-state index is 0.0198. The summed E-state index contributed by atoms with van der Waals surface area (Å²) in [6.45, 7) is 13.5. The smallest absolute Gasteiger partial charge is 0.306 e. The second-order valence-corrected chi connectivity index (χ2v) is 7.75. The summed E-state index contributed by atoms with van der Waals surface area (Å²) in [7, 11) is 1.37. The van der Waals surface area contributed by atoms with Crippen molar-refractivity contribution in [2.24, 2.45) is 17.3 Å². The van der Waals surface area contributed by atoms with E-state index in [1.807, 2.05) is 18.7 Å². The molecule has 0 aromatic heterocycles. The number of hydrogen-bond acceptors (Lipinski definition) is 3. The fourth-order valence-corrected chi connectivity index (χ4v) is 3.17. The van der Waals surface area contributed by atoms with Crippen LogP contribution in [0.25, 0.3) is 0 Å². The van der Waals surface area contributed by atoms with E-state index in [0.717, 1.165) is 19.4 Å². The number of ether oxygens (including phenoxy) is 1. The van der Waals surface area contributed by atoms with E-state index < -0.39 is 0 Å². The third-order valence-corrected chi connectivity index (χ3v) is 5.26. The molecule has 0 aromatic rings. The van der Waals surface area contributed by atoms with Gasteiger partial charge in [-0.1, -0.05) is 34.6 Å². The molecule has 0 radical (unpaired) electrons. The maximum atomic E-state index is 13.0. The minimum atomic E-state index is -0.307. The van der Waals surface area contributed by atoms with Crippen molar-refractivity contribution in [3.8, 4) is 0 Å². The summed E-state index contributed by atoms with van der Waals surface area (Å²) in [6, 6.07) is 0. The second-order valence-electron chi connectivity index (χ2n) is 7.75. The van der Waals surface area contributed by atoms with Crippen LogP contribution < -0.4 is 0 Å². The lowest BCUT2D eigenvalue weighted by Crippen LogP contribution is -2.55. The lowest BCUT2D eigenvalue weighted by atomic mass is 9.72. The fraction of sp³-hybridized carbons (Fsp3) is 0.882. The van der Waals surface area contributed by atoms with Gasteiger partial charge in [-0.15, -0.1) is 0 Å². The Kier molecular flexibility index (Phi) is 5.46. The van der Waals surface area contributed by atoms with Gasteiger partial charge in [-0.25, -0.2) is 0 Å². The maximum absolute atomic E-state index is 13.0. The van der Waals surface area contributed by atoms with E-state index >= 15 is 0 Å². The summed E-state index contributed by atoms with van der Waals surface area (Å²) in [4.78, 5) is 26.6. The van der Waals surface area contributed by atoms with Crippen LogP contribution in [0.1, 0.15) is 60.8 Å². The normalized spacial score (nSPS) is 24.3. The highest BCUT2D eigenvalue weighted by atomic mass is 16.5. The Morgan fingerprint density at radius 1 is 1.29 bits per heavy atom. The van der Waals surface area contributed by atoms with Gasteiger partial charge in [0.25, 0.3) is 0 Å². The van der Waals surface area contributed by atoms with Gasteiger partial charge in [-0.05, 0) is 31.1 Å². The molecule has 0 aliphatic carbocycles. The highest BCUT2D eigenvalue weighted by Crippen LogP contribution is 2.44. The van der Waals surface area contributed by atoms with Crippen molar-refractivity contribution in [1.29, 1.82) is 0 Å². The van der Waals surface area contributed by atoms with Crippen LogP contribution in [0.15, 0.2) is 0 Å². The molecule has 0 saturated carbocycles. The van der Waals surface area contributed by atoms with Crippen molar-refractivity contribution >= 4 is 11.9 Å². The largest absolute Gasteiger partial charge is 0.469 e. The van der Waals surface area contributed by atoms with Gasteiger partial charge in [0.2, 0.25) is 5.91 Å². The highest BCUT2D eigenvalue weighted by molar-refractivity contribution is 5.84. The molecule has 0 aromatic carbocycles. The van der Waals surface area contributed by atoms with Crippen LogP contribution in [0.4, 0.5) is 0 Å². The number of methoxy groups -OCH3 is 1. The molecule has 1 aliphatic rings. The van der Waals surface area contributed by atoms with Crippen molar-refractivity contribution in [2.45, 2.75) is 66.3 Å². The Balaban J connectivity index is 3.00. The zero-order valence-electron chi connectivity index (χ0n) is 14.7. The van der Waals surface area contributed by atoms with Crippen LogP contribution >= 0.6 is 0 Å². The van der Waals surface area contributed by atoms with E-state index in [0.29, 0.717) is 0 Å². The Labute approximate surface area is 129 Å². The van der Waals surface area contributed by atoms with E-state index in [9.17, 15) is 9.59 Å². The molecule has 1 heterocycles. The molecule has 1 saturated heterocycles. The van der Waals surface area contributed by atoms with Crippen LogP contribution in [0.3, 0.4) is 0 Å². The molecule has 1 fully saturated rings. The summed E-state index contributed by atoms with van der Waals surface area (Å²) < 4.78 is 4.75. The fourth-order valence-electron chi connectivity index (χ4n) is 3.17. The number of esters is 1. The van der Waals surface area contributed by atoms with Gasteiger partial charge in [0.15, 0.2) is 0 Å². The molecule has 4 nitrogen and oxygen atoms in total. The second kappa shape index (κ2) is 6.37. The van der Waals surface area contributed by atoms with Crippen LogP contribution in [0.5, 0.6) is 0 Å². The molecule has 1 rings (SSSR count). The van der Waals surface area contributed by atoms with Crippen molar-refractivity contribution in [1.82, 2.24) is 4.90 Å². The van der Waals surface area contributed by atoms with Gasteiger partial charge in [-0.3, -0.25) is 9.59 Å². The monoisotopic (exact) mass is 297 g/mol. The molecule has 2 atom stereocenters. The molecule has 1 aliphatic heterocycles. The molecule has 0 N–H and O–H groups in total. The summed E-state index contributed by atoms with van der Waals surface area (Å²) in [5.74, 6) is -0.373. The number of carbonyl (C=O) groups is 2. The van der Waals surface area contributed by atoms with Crippen LogP contribution in [0, 0.1) is 17.3 Å². The van der Waals surface area contributed by atoms with Crippen molar-refractivity contribution in [3.63, 3.8) is 0 Å². The maximum Gasteiger partial charge on any atom is 0.306 e. The zero-order chi connectivity index (χ0) is 16.4. The average Bonchev–Trinajstić information content (AvgIpc) is 2.77. The highest BCUT2D eigenvalue weighted by Gasteiger charge is 2.49. The lowest BCUT2D eigenvalue weighted by Gasteiger charge is -2.47. The van der Waals surface area contributed by atoms with Gasteiger partial charge in [0.05, 0.1) is 19.4 Å². The Morgan fingerprint density at radius 3 is 2.29 bits per heavy atom. The first kappa shape index (κ1) is 18.0. The van der Waals surface area contributed by atoms with Crippen LogP contribution in [0.2, 0.25) is 0 Å². The molecule has 1 amide bonds. The lowest BCUT2D eigenvalue weighted by molar-refractivity contribution is -0.151. The number of carbonyl (C=O) groups excluding carboxylic acids is 2. The first-order chi connectivity index (χ1) is 9.54. The third kappa shape index (κ3) is 3.58. The minimum Gasteiger partial charge on any atom is -0.469 e. The van der Waals surface area contributed by atoms with E-state index in [1.165, 1.54) is 7.11 Å². The van der Waals surface area contributed by atoms with E-state index in [-0.39, 0.29) is 41.1 Å². The molecule has 0 unspecified atom stereocenters. The first-order valence-corrected chi connectivity index (χ1v) is 7.93. The van der Waals surface area contributed by atoms with E-state index in [2.05, 4.69) is 27.7 Å². The molecule has 122 valence electrons. The number of likely N-dealkylation sites (tertiary alicyclic amines) is 1. The predicted molar refractivity (Wildman–Crippen MR) is 83.8 cm³/mol. The SMILES string of the molecule is COC(=O)C[C@H](C(=O)N1CCC[C@@]1(C)C(C)(C)C)C(C)C. The number of amides is 1. The molecule has 4 heteroatoms. The van der Waals surface area contributed by atoms with Gasteiger partial charge >= 0.3 is 5.97 Å². The molecule has 0 spiro atoms. The molecule has 21 heavy (non-hydrogen) atoms. The van der Waals surface area contributed by atoms with Gasteiger partial charge < -0.3 is 9.64 Å². The number of hydrogen-bond donors (Lipinski definition) is 0. The van der Waals surface area contributed by atoms with Gasteiger partial charge in [0, 0.05) is 12.1 Å². The number of rotatable bonds is 4. The van der Waals surface area contributed by atoms with Gasteiger partial charge in [0.1, 0.15) is 0 Å². The number of nitrogens with zero attached hydrogens (tertiary/aromatic N) is 1. The summed E-state index contributed by atoms with van der Waals surface area (Å²) in [5.41, 5.74) is -0.126. The molecular formula is C17H31NO3. The van der Waals surface area contributed by atoms with Gasteiger partial charge in [-0.2, -0.15) is 0 Å². The third-order valence-electron chi connectivity index (χ3n) is 5.26.